The van der Waals surface area contributed by atoms with E-state index in [1.165, 1.54) is 0 Å². The lowest BCUT2D eigenvalue weighted by Gasteiger charge is -2.37. The van der Waals surface area contributed by atoms with Crippen molar-refractivity contribution in [1.82, 2.24) is 14.7 Å². The Balaban J connectivity index is 1.61. The van der Waals surface area contributed by atoms with Crippen molar-refractivity contribution in [1.29, 1.82) is 0 Å². The molecule has 2 heterocycles. The normalized spacial score (nSPS) is 19.7. The lowest BCUT2D eigenvalue weighted by Crippen LogP contribution is -2.53. The van der Waals surface area contributed by atoms with Crippen LogP contribution in [0.15, 0.2) is 48.8 Å². The van der Waals surface area contributed by atoms with E-state index in [1.807, 2.05) is 59.4 Å². The third kappa shape index (κ3) is 3.83. The molecule has 1 aliphatic heterocycles. The van der Waals surface area contributed by atoms with Crippen LogP contribution in [0.5, 0.6) is 0 Å². The van der Waals surface area contributed by atoms with E-state index in [2.05, 4.69) is 5.10 Å². The minimum Gasteiger partial charge on any atom is -0.390 e. The van der Waals surface area contributed by atoms with E-state index in [0.29, 0.717) is 13.1 Å². The van der Waals surface area contributed by atoms with Crippen molar-refractivity contribution in [2.75, 3.05) is 25.0 Å². The first kappa shape index (κ1) is 16.7. The number of likely N-dealkylation sites (N-methyl/N-ethyl adjacent to an activating group) is 1. The van der Waals surface area contributed by atoms with Gasteiger partial charge < -0.3 is 10.0 Å². The molecule has 0 unspecified atom stereocenters. The number of aliphatic hydroxyl groups is 1. The van der Waals surface area contributed by atoms with Crippen molar-refractivity contribution in [3.63, 3.8) is 0 Å². The van der Waals surface area contributed by atoms with Gasteiger partial charge in [-0.15, -0.1) is 0 Å². The van der Waals surface area contributed by atoms with Crippen molar-refractivity contribution >= 4 is 11.6 Å². The van der Waals surface area contributed by atoms with Gasteiger partial charge in [0.15, 0.2) is 0 Å². The maximum Gasteiger partial charge on any atom is 0.244 e. The zero-order chi connectivity index (χ0) is 16.9. The summed E-state index contributed by atoms with van der Waals surface area (Å²) in [5.74, 6) is 0.112. The molecule has 1 fully saturated rings. The molecule has 2 atom stereocenters. The predicted molar refractivity (Wildman–Crippen MR) is 92.7 cm³/mol. The Morgan fingerprint density at radius 3 is 2.83 bits per heavy atom. The number of rotatable bonds is 6. The van der Waals surface area contributed by atoms with Gasteiger partial charge in [-0.25, -0.2) is 0 Å². The van der Waals surface area contributed by atoms with Crippen LogP contribution in [0, 0.1) is 0 Å². The number of piperidine rings is 1. The largest absolute Gasteiger partial charge is 0.390 e. The second-order valence-corrected chi connectivity index (χ2v) is 6.30. The van der Waals surface area contributed by atoms with Crippen LogP contribution < -0.4 is 4.90 Å². The maximum atomic E-state index is 12.9. The summed E-state index contributed by atoms with van der Waals surface area (Å²) >= 11 is 0. The van der Waals surface area contributed by atoms with E-state index in [1.54, 1.807) is 10.9 Å². The minimum atomic E-state index is -0.560. The average Bonchev–Trinajstić information content (AvgIpc) is 3.08. The molecule has 1 saturated heterocycles. The Kier molecular flexibility index (Phi) is 5.27. The summed E-state index contributed by atoms with van der Waals surface area (Å²) in [6.07, 6.45) is 4.75. The van der Waals surface area contributed by atoms with Gasteiger partial charge in [0.2, 0.25) is 5.91 Å². The zero-order valence-corrected chi connectivity index (χ0v) is 14.0. The molecular weight excluding hydrogens is 304 g/mol. The van der Waals surface area contributed by atoms with E-state index < -0.39 is 6.10 Å². The molecule has 1 aromatic heterocycles. The number of amides is 1. The van der Waals surface area contributed by atoms with Gasteiger partial charge in [0.25, 0.3) is 0 Å². The molecule has 1 aromatic carbocycles. The van der Waals surface area contributed by atoms with E-state index in [4.69, 9.17) is 0 Å². The standard InChI is InChI=1S/C18H24N4O2/c1-20(13-16(23)14-21-11-6-10-19-21)17-9-5-12-22(18(17)24)15-7-3-2-4-8-15/h2-4,6-8,10-11,16-17,23H,5,9,12-14H2,1H3/t16-,17-/m1/s1. The monoisotopic (exact) mass is 328 g/mol. The highest BCUT2D eigenvalue weighted by Gasteiger charge is 2.33. The number of carbonyl (C=O) groups excluding carboxylic acids is 1. The topological polar surface area (TPSA) is 61.6 Å². The minimum absolute atomic E-state index is 0.112. The molecule has 128 valence electrons. The molecule has 1 N–H and O–H groups in total. The van der Waals surface area contributed by atoms with E-state index in [9.17, 15) is 9.90 Å². The molecule has 1 aliphatic rings. The molecule has 1 amide bonds. The zero-order valence-electron chi connectivity index (χ0n) is 14.0. The fourth-order valence-electron chi connectivity index (χ4n) is 3.27. The van der Waals surface area contributed by atoms with Gasteiger partial charge in [0.1, 0.15) is 0 Å². The average molecular weight is 328 g/mol. The molecule has 0 bridgehead atoms. The van der Waals surface area contributed by atoms with Crippen LogP contribution in [0.4, 0.5) is 5.69 Å². The predicted octanol–water partition coefficient (Wildman–Crippen LogP) is 1.37. The Hall–Kier alpha value is -2.18. The summed E-state index contributed by atoms with van der Waals surface area (Å²) in [6.45, 7) is 1.63. The summed E-state index contributed by atoms with van der Waals surface area (Å²) < 4.78 is 1.71. The first-order valence-corrected chi connectivity index (χ1v) is 8.37. The fraction of sp³-hybridized carbons (Fsp3) is 0.444. The van der Waals surface area contributed by atoms with Gasteiger partial charge in [-0.1, -0.05) is 18.2 Å². The molecule has 0 radical (unpaired) electrons. The SMILES string of the molecule is CN(C[C@@H](O)Cn1cccn1)[C@@H]1CCCN(c2ccccc2)C1=O. The lowest BCUT2D eigenvalue weighted by molar-refractivity contribution is -0.125. The number of para-hydroxylation sites is 1. The molecule has 6 nitrogen and oxygen atoms in total. The first-order chi connectivity index (χ1) is 11.6. The van der Waals surface area contributed by atoms with E-state index in [0.717, 1.165) is 25.1 Å². The fourth-order valence-corrected chi connectivity index (χ4v) is 3.27. The molecule has 0 aliphatic carbocycles. The van der Waals surface area contributed by atoms with Crippen molar-refractivity contribution in [3.8, 4) is 0 Å². The Morgan fingerprint density at radius 2 is 2.12 bits per heavy atom. The molecule has 0 spiro atoms. The van der Waals surface area contributed by atoms with E-state index in [-0.39, 0.29) is 11.9 Å². The summed E-state index contributed by atoms with van der Waals surface area (Å²) in [4.78, 5) is 16.7. The molecular formula is C18H24N4O2. The summed E-state index contributed by atoms with van der Waals surface area (Å²) in [6, 6.07) is 11.4. The Morgan fingerprint density at radius 1 is 1.33 bits per heavy atom. The van der Waals surface area contributed by atoms with Crippen molar-refractivity contribution in [2.24, 2.45) is 0 Å². The number of aliphatic hydroxyl groups excluding tert-OH is 1. The number of nitrogens with zero attached hydrogens (tertiary/aromatic N) is 4. The quantitative estimate of drug-likeness (QED) is 0.870. The lowest BCUT2D eigenvalue weighted by atomic mass is 10.0. The maximum absolute atomic E-state index is 12.9. The number of carbonyl (C=O) groups is 1. The highest BCUT2D eigenvalue weighted by atomic mass is 16.3. The third-order valence-corrected chi connectivity index (χ3v) is 4.47. The van der Waals surface area contributed by atoms with Gasteiger partial charge in [0.05, 0.1) is 18.7 Å². The van der Waals surface area contributed by atoms with E-state index >= 15 is 0 Å². The molecule has 2 aromatic rings. The number of benzene rings is 1. The second kappa shape index (κ2) is 7.59. The number of hydrogen-bond donors (Lipinski definition) is 1. The summed E-state index contributed by atoms with van der Waals surface area (Å²) in [7, 11) is 1.91. The van der Waals surface area contributed by atoms with Crippen LogP contribution in [0.3, 0.4) is 0 Å². The van der Waals surface area contributed by atoms with Crippen LogP contribution >= 0.6 is 0 Å². The highest BCUT2D eigenvalue weighted by molar-refractivity contribution is 5.97. The van der Waals surface area contributed by atoms with Crippen LogP contribution in [0.2, 0.25) is 0 Å². The van der Waals surface area contributed by atoms with Gasteiger partial charge in [-0.2, -0.15) is 5.10 Å². The molecule has 0 saturated carbocycles. The van der Waals surface area contributed by atoms with Gasteiger partial charge in [-0.3, -0.25) is 14.4 Å². The van der Waals surface area contributed by atoms with Crippen LogP contribution in [0.25, 0.3) is 0 Å². The first-order valence-electron chi connectivity index (χ1n) is 8.37. The molecule has 24 heavy (non-hydrogen) atoms. The third-order valence-electron chi connectivity index (χ3n) is 4.47. The Labute approximate surface area is 142 Å². The summed E-state index contributed by atoms with van der Waals surface area (Å²) in [5.41, 5.74) is 0.942. The second-order valence-electron chi connectivity index (χ2n) is 6.30. The van der Waals surface area contributed by atoms with Crippen LogP contribution in [-0.4, -0.2) is 58.0 Å². The Bertz CT molecular complexity index is 644. The van der Waals surface area contributed by atoms with Crippen molar-refractivity contribution in [3.05, 3.63) is 48.8 Å². The van der Waals surface area contributed by atoms with Gasteiger partial charge in [0, 0.05) is 31.2 Å². The van der Waals surface area contributed by atoms with Crippen molar-refractivity contribution in [2.45, 2.75) is 31.5 Å². The molecule has 3 rings (SSSR count). The van der Waals surface area contributed by atoms with Gasteiger partial charge >= 0.3 is 0 Å². The number of hydrogen-bond acceptors (Lipinski definition) is 4. The smallest absolute Gasteiger partial charge is 0.244 e. The van der Waals surface area contributed by atoms with Gasteiger partial charge in [-0.05, 0) is 38.1 Å². The highest BCUT2D eigenvalue weighted by Crippen LogP contribution is 2.23. The molecule has 6 heteroatoms. The number of anilines is 1. The van der Waals surface area contributed by atoms with Crippen molar-refractivity contribution < 1.29 is 9.90 Å². The summed E-state index contributed by atoms with van der Waals surface area (Å²) in [5, 5.41) is 14.4. The van der Waals surface area contributed by atoms with Crippen LogP contribution in [0.1, 0.15) is 12.8 Å². The van der Waals surface area contributed by atoms with Crippen LogP contribution in [-0.2, 0) is 11.3 Å². The number of aromatic nitrogens is 2.